The maximum atomic E-state index is 5.11. The summed E-state index contributed by atoms with van der Waals surface area (Å²) in [6, 6.07) is 8.54. The molecule has 0 unspecified atom stereocenters. The summed E-state index contributed by atoms with van der Waals surface area (Å²) in [6.07, 6.45) is 0. The molecule has 0 saturated heterocycles. The first-order chi connectivity index (χ1) is 4.83. The molecule has 0 aliphatic carbocycles. The quantitative estimate of drug-likeness (QED) is 0.556. The molecular formula is C8H12OSi. The Balaban J connectivity index is 2.69. The lowest BCUT2D eigenvalue weighted by Crippen LogP contribution is -2.14. The summed E-state index contributed by atoms with van der Waals surface area (Å²) in [5.74, 6) is 0. The minimum absolute atomic E-state index is 0.417. The van der Waals surface area contributed by atoms with Gasteiger partial charge in [0.1, 0.15) is 0 Å². The SMILES string of the molecule is CO[SiH2]c1ccc(C)cc1. The van der Waals surface area contributed by atoms with E-state index in [-0.39, 0.29) is 0 Å². The van der Waals surface area contributed by atoms with Gasteiger partial charge in [-0.1, -0.05) is 29.8 Å². The topological polar surface area (TPSA) is 9.23 Å². The fourth-order valence-electron chi connectivity index (χ4n) is 0.851. The highest BCUT2D eigenvalue weighted by Gasteiger charge is 1.89. The van der Waals surface area contributed by atoms with Crippen molar-refractivity contribution in [2.24, 2.45) is 0 Å². The molecule has 0 saturated carbocycles. The summed E-state index contributed by atoms with van der Waals surface area (Å²) in [5.41, 5.74) is 1.31. The molecule has 0 bridgehead atoms. The van der Waals surface area contributed by atoms with Gasteiger partial charge in [-0.25, -0.2) is 0 Å². The summed E-state index contributed by atoms with van der Waals surface area (Å²) in [4.78, 5) is 0. The molecule has 0 aliphatic rings. The van der Waals surface area contributed by atoms with Crippen molar-refractivity contribution in [3.63, 3.8) is 0 Å². The molecule has 0 spiro atoms. The van der Waals surface area contributed by atoms with E-state index in [2.05, 4.69) is 31.2 Å². The van der Waals surface area contributed by atoms with Crippen molar-refractivity contribution in [3.05, 3.63) is 29.8 Å². The van der Waals surface area contributed by atoms with E-state index >= 15 is 0 Å². The molecule has 1 aromatic carbocycles. The van der Waals surface area contributed by atoms with Crippen molar-refractivity contribution in [1.29, 1.82) is 0 Å². The van der Waals surface area contributed by atoms with Gasteiger partial charge in [-0.3, -0.25) is 0 Å². The smallest absolute Gasteiger partial charge is 0.191 e. The minimum atomic E-state index is -0.417. The normalized spacial score (nSPS) is 11.0. The van der Waals surface area contributed by atoms with Gasteiger partial charge in [-0.15, -0.1) is 0 Å². The third kappa shape index (κ3) is 1.97. The standard InChI is InChI=1S/C8H12OSi/c1-7-3-5-8(6-4-7)10-9-2/h3-6H,10H2,1-2H3. The molecule has 0 aromatic heterocycles. The van der Waals surface area contributed by atoms with E-state index in [1.54, 1.807) is 7.11 Å². The van der Waals surface area contributed by atoms with Gasteiger partial charge < -0.3 is 4.43 Å². The Morgan fingerprint density at radius 3 is 2.30 bits per heavy atom. The van der Waals surface area contributed by atoms with Gasteiger partial charge in [-0.2, -0.15) is 0 Å². The predicted octanol–water partition coefficient (Wildman–Crippen LogP) is 0.351. The number of hydrogen-bond donors (Lipinski definition) is 0. The average molecular weight is 152 g/mol. The Kier molecular flexibility index (Phi) is 2.65. The van der Waals surface area contributed by atoms with Gasteiger partial charge in [0.2, 0.25) is 0 Å². The summed E-state index contributed by atoms with van der Waals surface area (Å²) in [7, 11) is 1.35. The highest BCUT2D eigenvalue weighted by Crippen LogP contribution is 1.91. The Bertz CT molecular complexity index is 193. The zero-order chi connectivity index (χ0) is 7.40. The first-order valence-electron chi connectivity index (χ1n) is 3.37. The van der Waals surface area contributed by atoms with E-state index in [4.69, 9.17) is 4.43 Å². The van der Waals surface area contributed by atoms with Crippen LogP contribution in [0.4, 0.5) is 0 Å². The van der Waals surface area contributed by atoms with Gasteiger partial charge >= 0.3 is 0 Å². The first kappa shape index (κ1) is 7.50. The molecule has 54 valence electrons. The van der Waals surface area contributed by atoms with E-state index in [0.717, 1.165) is 0 Å². The van der Waals surface area contributed by atoms with Gasteiger partial charge in [0.15, 0.2) is 9.76 Å². The lowest BCUT2D eigenvalue weighted by Gasteiger charge is -1.97. The molecule has 0 atom stereocenters. The lowest BCUT2D eigenvalue weighted by atomic mass is 10.2. The van der Waals surface area contributed by atoms with Gasteiger partial charge in [-0.05, 0) is 12.1 Å². The van der Waals surface area contributed by atoms with Crippen LogP contribution >= 0.6 is 0 Å². The van der Waals surface area contributed by atoms with E-state index in [0.29, 0.717) is 0 Å². The van der Waals surface area contributed by atoms with E-state index in [1.165, 1.54) is 10.8 Å². The molecule has 0 amide bonds. The van der Waals surface area contributed by atoms with Gasteiger partial charge in [0.25, 0.3) is 0 Å². The highest BCUT2D eigenvalue weighted by molar-refractivity contribution is 6.46. The third-order valence-electron chi connectivity index (χ3n) is 1.43. The fourth-order valence-corrected chi connectivity index (χ4v) is 1.61. The summed E-state index contributed by atoms with van der Waals surface area (Å²) in [5, 5.41) is 1.37. The second kappa shape index (κ2) is 3.54. The largest absolute Gasteiger partial charge is 0.422 e. The van der Waals surface area contributed by atoms with Crippen molar-refractivity contribution in [2.45, 2.75) is 6.92 Å². The molecule has 2 heteroatoms. The van der Waals surface area contributed by atoms with Crippen LogP contribution in [0.15, 0.2) is 24.3 Å². The minimum Gasteiger partial charge on any atom is -0.422 e. The number of benzene rings is 1. The van der Waals surface area contributed by atoms with Crippen LogP contribution in [-0.2, 0) is 4.43 Å². The molecule has 1 aromatic rings. The van der Waals surface area contributed by atoms with Crippen LogP contribution in [0.1, 0.15) is 5.56 Å². The second-order valence-electron chi connectivity index (χ2n) is 2.42. The Morgan fingerprint density at radius 1 is 1.20 bits per heavy atom. The zero-order valence-corrected chi connectivity index (χ0v) is 7.84. The van der Waals surface area contributed by atoms with Crippen molar-refractivity contribution in [1.82, 2.24) is 0 Å². The summed E-state index contributed by atoms with van der Waals surface area (Å²) < 4.78 is 5.11. The maximum Gasteiger partial charge on any atom is 0.191 e. The van der Waals surface area contributed by atoms with Crippen molar-refractivity contribution >= 4 is 14.9 Å². The highest BCUT2D eigenvalue weighted by atomic mass is 28.2. The Morgan fingerprint density at radius 2 is 1.80 bits per heavy atom. The van der Waals surface area contributed by atoms with E-state index < -0.39 is 9.76 Å². The van der Waals surface area contributed by atoms with Crippen LogP contribution in [0.2, 0.25) is 0 Å². The van der Waals surface area contributed by atoms with Crippen molar-refractivity contribution < 1.29 is 4.43 Å². The maximum absolute atomic E-state index is 5.11. The molecule has 0 fully saturated rings. The van der Waals surface area contributed by atoms with Gasteiger partial charge in [0.05, 0.1) is 0 Å². The van der Waals surface area contributed by atoms with Crippen LogP contribution in [0.5, 0.6) is 0 Å². The summed E-state index contributed by atoms with van der Waals surface area (Å²) >= 11 is 0. The van der Waals surface area contributed by atoms with Crippen LogP contribution in [0.3, 0.4) is 0 Å². The second-order valence-corrected chi connectivity index (χ2v) is 4.10. The van der Waals surface area contributed by atoms with Crippen molar-refractivity contribution in [3.8, 4) is 0 Å². The number of aryl methyl sites for hydroxylation is 1. The fraction of sp³-hybridized carbons (Fsp3) is 0.250. The van der Waals surface area contributed by atoms with Crippen LogP contribution in [0, 0.1) is 6.92 Å². The molecule has 0 N–H and O–H groups in total. The number of hydrogen-bond acceptors (Lipinski definition) is 1. The van der Waals surface area contributed by atoms with Crippen LogP contribution < -0.4 is 5.19 Å². The molecule has 0 radical (unpaired) electrons. The van der Waals surface area contributed by atoms with Crippen molar-refractivity contribution in [2.75, 3.05) is 7.11 Å². The van der Waals surface area contributed by atoms with Crippen LogP contribution in [0.25, 0.3) is 0 Å². The Hall–Kier alpha value is -0.603. The monoisotopic (exact) mass is 152 g/mol. The lowest BCUT2D eigenvalue weighted by molar-refractivity contribution is 0.450. The van der Waals surface area contributed by atoms with E-state index in [1.807, 2.05) is 0 Å². The molecule has 10 heavy (non-hydrogen) atoms. The Labute approximate surface area is 64.0 Å². The predicted molar refractivity (Wildman–Crippen MR) is 46.4 cm³/mol. The van der Waals surface area contributed by atoms with Gasteiger partial charge in [0, 0.05) is 7.11 Å². The average Bonchev–Trinajstić information content (AvgIpc) is 1.95. The molecule has 1 nitrogen and oxygen atoms in total. The molecule has 0 aliphatic heterocycles. The van der Waals surface area contributed by atoms with Crippen LogP contribution in [-0.4, -0.2) is 16.9 Å². The summed E-state index contributed by atoms with van der Waals surface area (Å²) in [6.45, 7) is 2.10. The molecule has 1 rings (SSSR count). The molecule has 0 heterocycles. The molecular weight excluding hydrogens is 140 g/mol. The third-order valence-corrected chi connectivity index (χ3v) is 2.53. The number of rotatable bonds is 2. The van der Waals surface area contributed by atoms with E-state index in [9.17, 15) is 0 Å². The zero-order valence-electron chi connectivity index (χ0n) is 6.42. The first-order valence-corrected chi connectivity index (χ1v) is 4.66.